The number of hydrazine groups is 1. The van der Waals surface area contributed by atoms with Gasteiger partial charge in [0.2, 0.25) is 0 Å². The van der Waals surface area contributed by atoms with Crippen molar-refractivity contribution >= 4 is 28.9 Å². The van der Waals surface area contributed by atoms with Crippen LogP contribution in [-0.2, 0) is 0 Å². The van der Waals surface area contributed by atoms with Crippen molar-refractivity contribution in [3.8, 4) is 11.5 Å². The molecule has 0 aliphatic rings. The first-order chi connectivity index (χ1) is 8.60. The molecule has 0 amide bonds. The van der Waals surface area contributed by atoms with Crippen LogP contribution >= 0.6 is 23.2 Å². The molecule has 0 fully saturated rings. The van der Waals surface area contributed by atoms with Gasteiger partial charge in [-0.3, -0.25) is 5.84 Å². The minimum atomic E-state index is 0.409. The molecule has 2 aromatic carbocycles. The van der Waals surface area contributed by atoms with Crippen LogP contribution in [0.4, 0.5) is 5.69 Å². The Morgan fingerprint density at radius 1 is 1.00 bits per heavy atom. The summed E-state index contributed by atoms with van der Waals surface area (Å²) >= 11 is 12.0. The zero-order valence-electron chi connectivity index (χ0n) is 9.71. The lowest BCUT2D eigenvalue weighted by atomic mass is 10.2. The molecule has 0 saturated heterocycles. The van der Waals surface area contributed by atoms with Gasteiger partial charge in [0.1, 0.15) is 11.5 Å². The molecule has 0 heterocycles. The summed E-state index contributed by atoms with van der Waals surface area (Å²) in [7, 11) is 0. The molecule has 5 heteroatoms. The van der Waals surface area contributed by atoms with E-state index in [0.29, 0.717) is 21.5 Å². The monoisotopic (exact) mass is 282 g/mol. The summed E-state index contributed by atoms with van der Waals surface area (Å²) in [6.07, 6.45) is 0. The third-order valence-corrected chi connectivity index (χ3v) is 3.01. The van der Waals surface area contributed by atoms with Crippen LogP contribution < -0.4 is 16.0 Å². The third kappa shape index (κ3) is 2.88. The fourth-order valence-corrected chi connectivity index (χ4v) is 2.07. The average molecular weight is 283 g/mol. The first-order valence-electron chi connectivity index (χ1n) is 5.30. The first-order valence-corrected chi connectivity index (χ1v) is 6.06. The van der Waals surface area contributed by atoms with Crippen LogP contribution in [-0.4, -0.2) is 0 Å². The molecule has 18 heavy (non-hydrogen) atoms. The van der Waals surface area contributed by atoms with Gasteiger partial charge in [-0.1, -0.05) is 40.9 Å². The molecular weight excluding hydrogens is 271 g/mol. The second-order valence-electron chi connectivity index (χ2n) is 3.82. The predicted molar refractivity (Wildman–Crippen MR) is 75.5 cm³/mol. The van der Waals surface area contributed by atoms with Crippen molar-refractivity contribution in [1.82, 2.24) is 0 Å². The van der Waals surface area contributed by atoms with Crippen LogP contribution in [0.2, 0.25) is 10.0 Å². The fraction of sp³-hybridized carbons (Fsp3) is 0.0769. The van der Waals surface area contributed by atoms with Gasteiger partial charge in [0.25, 0.3) is 0 Å². The summed E-state index contributed by atoms with van der Waals surface area (Å²) < 4.78 is 5.66. The predicted octanol–water partition coefficient (Wildman–Crippen LogP) is 4.38. The lowest BCUT2D eigenvalue weighted by Gasteiger charge is -2.10. The van der Waals surface area contributed by atoms with Crippen LogP contribution in [0.1, 0.15) is 5.56 Å². The third-order valence-electron chi connectivity index (χ3n) is 2.42. The number of rotatable bonds is 3. The van der Waals surface area contributed by atoms with Gasteiger partial charge in [0.05, 0.1) is 15.7 Å². The molecular formula is C13H12Cl2N2O. The molecule has 94 valence electrons. The van der Waals surface area contributed by atoms with E-state index in [1.807, 2.05) is 31.2 Å². The van der Waals surface area contributed by atoms with E-state index < -0.39 is 0 Å². The number of nitrogens with one attached hydrogen (secondary N) is 1. The second kappa shape index (κ2) is 5.48. The summed E-state index contributed by atoms with van der Waals surface area (Å²) in [4.78, 5) is 0. The normalized spacial score (nSPS) is 10.2. The zero-order valence-corrected chi connectivity index (χ0v) is 11.2. The van der Waals surface area contributed by atoms with E-state index >= 15 is 0 Å². The van der Waals surface area contributed by atoms with Gasteiger partial charge in [0.15, 0.2) is 0 Å². The molecule has 0 aliphatic heterocycles. The van der Waals surface area contributed by atoms with Crippen molar-refractivity contribution in [2.45, 2.75) is 6.92 Å². The van der Waals surface area contributed by atoms with Crippen LogP contribution in [0.5, 0.6) is 11.5 Å². The average Bonchev–Trinajstić information content (AvgIpc) is 2.32. The number of nitrogens with two attached hydrogens (primary N) is 1. The van der Waals surface area contributed by atoms with Crippen LogP contribution in [0, 0.1) is 6.92 Å². The Hall–Kier alpha value is -1.42. The van der Waals surface area contributed by atoms with E-state index in [9.17, 15) is 0 Å². The zero-order chi connectivity index (χ0) is 13.1. The van der Waals surface area contributed by atoms with Gasteiger partial charge < -0.3 is 10.2 Å². The minimum Gasteiger partial charge on any atom is -0.457 e. The smallest absolute Gasteiger partial charge is 0.130 e. The minimum absolute atomic E-state index is 0.409. The van der Waals surface area contributed by atoms with E-state index in [4.69, 9.17) is 33.8 Å². The van der Waals surface area contributed by atoms with Crippen molar-refractivity contribution in [2.75, 3.05) is 5.43 Å². The second-order valence-corrected chi connectivity index (χ2v) is 4.64. The number of hydrogen-bond acceptors (Lipinski definition) is 3. The van der Waals surface area contributed by atoms with Crippen LogP contribution in [0.3, 0.4) is 0 Å². The Kier molecular flexibility index (Phi) is 3.97. The Morgan fingerprint density at radius 2 is 1.56 bits per heavy atom. The summed E-state index contributed by atoms with van der Waals surface area (Å²) in [5, 5.41) is 0.819. The number of halogens is 2. The highest BCUT2D eigenvalue weighted by Gasteiger charge is 2.08. The molecule has 0 radical (unpaired) electrons. The molecule has 3 N–H and O–H groups in total. The Balaban J connectivity index is 2.27. The number of aryl methyl sites for hydroxylation is 1. The molecule has 0 aliphatic carbocycles. The van der Waals surface area contributed by atoms with Gasteiger partial charge in [-0.15, -0.1) is 0 Å². The van der Waals surface area contributed by atoms with Gasteiger partial charge in [-0.05, 0) is 19.1 Å². The standard InChI is InChI=1S/C13H12Cl2N2O/c1-8-2-4-9(5-3-8)18-10-6-11(14)13(17-16)12(15)7-10/h2-7,17H,16H2,1H3. The van der Waals surface area contributed by atoms with Crippen molar-refractivity contribution < 1.29 is 4.74 Å². The fourth-order valence-electron chi connectivity index (χ4n) is 1.49. The number of anilines is 1. The van der Waals surface area contributed by atoms with Crippen molar-refractivity contribution in [3.05, 3.63) is 52.0 Å². The highest BCUT2D eigenvalue weighted by atomic mass is 35.5. The van der Waals surface area contributed by atoms with Crippen LogP contribution in [0.15, 0.2) is 36.4 Å². The van der Waals surface area contributed by atoms with Gasteiger partial charge >= 0.3 is 0 Å². The Labute approximate surface area is 115 Å². The quantitative estimate of drug-likeness (QED) is 0.649. The molecule has 0 saturated carbocycles. The van der Waals surface area contributed by atoms with E-state index in [2.05, 4.69) is 5.43 Å². The molecule has 0 unspecified atom stereocenters. The van der Waals surface area contributed by atoms with Crippen molar-refractivity contribution in [1.29, 1.82) is 0 Å². The molecule has 0 spiro atoms. The maximum atomic E-state index is 6.02. The number of ether oxygens (including phenoxy) is 1. The molecule has 0 bridgehead atoms. The van der Waals surface area contributed by atoms with E-state index in [0.717, 1.165) is 5.75 Å². The van der Waals surface area contributed by atoms with Crippen molar-refractivity contribution in [3.63, 3.8) is 0 Å². The summed E-state index contributed by atoms with van der Waals surface area (Å²) in [6, 6.07) is 11.0. The molecule has 3 nitrogen and oxygen atoms in total. The molecule has 2 aromatic rings. The van der Waals surface area contributed by atoms with Crippen LogP contribution in [0.25, 0.3) is 0 Å². The van der Waals surface area contributed by atoms with E-state index in [1.54, 1.807) is 12.1 Å². The molecule has 0 aromatic heterocycles. The van der Waals surface area contributed by atoms with Gasteiger partial charge in [0, 0.05) is 12.1 Å². The lowest BCUT2D eigenvalue weighted by Crippen LogP contribution is -2.07. The van der Waals surface area contributed by atoms with E-state index in [1.165, 1.54) is 5.56 Å². The Morgan fingerprint density at radius 3 is 2.06 bits per heavy atom. The molecule has 2 rings (SSSR count). The summed E-state index contributed by atoms with van der Waals surface area (Å²) in [5.74, 6) is 6.60. The SMILES string of the molecule is Cc1ccc(Oc2cc(Cl)c(NN)c(Cl)c2)cc1. The largest absolute Gasteiger partial charge is 0.457 e. The first kappa shape index (κ1) is 13.0. The Bertz CT molecular complexity index is 532. The maximum Gasteiger partial charge on any atom is 0.130 e. The van der Waals surface area contributed by atoms with E-state index in [-0.39, 0.29) is 0 Å². The lowest BCUT2D eigenvalue weighted by molar-refractivity contribution is 0.482. The summed E-state index contributed by atoms with van der Waals surface area (Å²) in [5.41, 5.74) is 4.09. The number of benzene rings is 2. The number of hydrogen-bond donors (Lipinski definition) is 2. The maximum absolute atomic E-state index is 6.02. The topological polar surface area (TPSA) is 47.3 Å². The summed E-state index contributed by atoms with van der Waals surface area (Å²) in [6.45, 7) is 2.01. The molecule has 0 atom stereocenters. The van der Waals surface area contributed by atoms with Gasteiger partial charge in [-0.2, -0.15) is 0 Å². The highest BCUT2D eigenvalue weighted by molar-refractivity contribution is 6.39. The van der Waals surface area contributed by atoms with Gasteiger partial charge in [-0.25, -0.2) is 0 Å². The highest BCUT2D eigenvalue weighted by Crippen LogP contribution is 2.35. The number of nitrogen functional groups attached to an aromatic ring is 1. The van der Waals surface area contributed by atoms with Crippen molar-refractivity contribution in [2.24, 2.45) is 5.84 Å².